The highest BCUT2D eigenvalue weighted by Gasteiger charge is 2.02. The third-order valence-corrected chi connectivity index (χ3v) is 3.35. The average Bonchev–Trinajstić information content (AvgIpc) is 2.55. The van der Waals surface area contributed by atoms with Crippen LogP contribution in [0.5, 0.6) is 11.5 Å². The molecule has 5 nitrogen and oxygen atoms in total. The maximum absolute atomic E-state index is 11.6. The second kappa shape index (κ2) is 8.41. The molecule has 1 N–H and O–H groups in total. The number of hydrogen-bond donors (Lipinski definition) is 1. The number of amides is 1. The number of ether oxygens (including phenoxy) is 2. The van der Waals surface area contributed by atoms with Crippen molar-refractivity contribution in [1.82, 2.24) is 5.43 Å². The number of carbonyl (C=O) groups excluding carboxylic acids is 1. The molecule has 23 heavy (non-hydrogen) atoms. The van der Waals surface area contributed by atoms with Gasteiger partial charge in [-0.3, -0.25) is 4.79 Å². The molecule has 1 amide bonds. The van der Waals surface area contributed by atoms with Crippen molar-refractivity contribution in [2.45, 2.75) is 0 Å². The van der Waals surface area contributed by atoms with Crippen LogP contribution in [-0.4, -0.2) is 25.8 Å². The molecular weight excluding hydrogens is 339 g/mol. The largest absolute Gasteiger partial charge is 0.497 e. The van der Waals surface area contributed by atoms with Crippen LogP contribution in [0, 0.1) is 0 Å². The molecule has 0 aliphatic heterocycles. The quantitative estimate of drug-likeness (QED) is 0.638. The molecule has 0 radical (unpaired) electrons. The van der Waals surface area contributed by atoms with Crippen LogP contribution < -0.4 is 14.9 Å². The van der Waals surface area contributed by atoms with Gasteiger partial charge in [0.1, 0.15) is 11.5 Å². The normalized spacial score (nSPS) is 10.6. The smallest absolute Gasteiger partial charge is 0.277 e. The Labute approximate surface area is 143 Å². The summed E-state index contributed by atoms with van der Waals surface area (Å²) in [5.41, 5.74) is 3.00. The van der Waals surface area contributed by atoms with Gasteiger partial charge in [0, 0.05) is 10.6 Å². The van der Waals surface area contributed by atoms with Crippen molar-refractivity contribution < 1.29 is 14.3 Å². The van der Waals surface area contributed by atoms with Gasteiger partial charge in [-0.05, 0) is 36.4 Å². The first kappa shape index (κ1) is 17.1. The zero-order chi connectivity index (χ0) is 16.7. The van der Waals surface area contributed by atoms with Gasteiger partial charge in [0.05, 0.1) is 18.3 Å². The second-order valence-corrected chi connectivity index (χ2v) is 5.27. The molecule has 0 spiro atoms. The lowest BCUT2D eigenvalue weighted by Crippen LogP contribution is -2.24. The van der Waals surface area contributed by atoms with E-state index in [2.05, 4.69) is 10.5 Å². The molecule has 0 saturated heterocycles. The molecule has 0 unspecified atom stereocenters. The summed E-state index contributed by atoms with van der Waals surface area (Å²) in [6.07, 6.45) is 1.43. The van der Waals surface area contributed by atoms with Gasteiger partial charge in [-0.1, -0.05) is 29.3 Å². The molecule has 0 aliphatic carbocycles. The summed E-state index contributed by atoms with van der Waals surface area (Å²) in [5, 5.41) is 4.80. The van der Waals surface area contributed by atoms with Crippen LogP contribution in [0.3, 0.4) is 0 Å². The number of rotatable bonds is 6. The minimum atomic E-state index is -0.387. The van der Waals surface area contributed by atoms with Crippen LogP contribution in [0.2, 0.25) is 10.0 Å². The van der Waals surface area contributed by atoms with E-state index in [1.165, 1.54) is 6.21 Å². The maximum atomic E-state index is 11.6. The summed E-state index contributed by atoms with van der Waals surface area (Å²) in [6.45, 7) is -0.155. The van der Waals surface area contributed by atoms with E-state index in [1.54, 1.807) is 49.6 Å². The van der Waals surface area contributed by atoms with Gasteiger partial charge in [0.15, 0.2) is 6.61 Å². The number of benzene rings is 2. The predicted octanol–water partition coefficient (Wildman–Crippen LogP) is 3.53. The van der Waals surface area contributed by atoms with Gasteiger partial charge >= 0.3 is 0 Å². The summed E-state index contributed by atoms with van der Waals surface area (Å²) < 4.78 is 10.4. The zero-order valence-corrected chi connectivity index (χ0v) is 13.8. The Bertz CT molecular complexity index is 703. The molecule has 2 aromatic rings. The van der Waals surface area contributed by atoms with Gasteiger partial charge < -0.3 is 9.47 Å². The van der Waals surface area contributed by atoms with Crippen molar-refractivity contribution in [1.29, 1.82) is 0 Å². The van der Waals surface area contributed by atoms with Crippen molar-refractivity contribution in [2.75, 3.05) is 13.7 Å². The van der Waals surface area contributed by atoms with Crippen molar-refractivity contribution in [2.24, 2.45) is 5.10 Å². The van der Waals surface area contributed by atoms with E-state index in [9.17, 15) is 4.79 Å². The molecule has 2 rings (SSSR count). The highest BCUT2D eigenvalue weighted by atomic mass is 35.5. The lowest BCUT2D eigenvalue weighted by molar-refractivity contribution is -0.123. The molecule has 0 fully saturated rings. The van der Waals surface area contributed by atoms with E-state index in [4.69, 9.17) is 32.7 Å². The summed E-state index contributed by atoms with van der Waals surface area (Å²) in [5.74, 6) is 0.888. The highest BCUT2D eigenvalue weighted by molar-refractivity contribution is 6.36. The fourth-order valence-corrected chi connectivity index (χ4v) is 2.09. The number of nitrogens with zero attached hydrogens (tertiary/aromatic N) is 1. The van der Waals surface area contributed by atoms with Crippen molar-refractivity contribution >= 4 is 35.3 Å². The minimum Gasteiger partial charge on any atom is -0.497 e. The first-order valence-electron chi connectivity index (χ1n) is 6.62. The van der Waals surface area contributed by atoms with Crippen molar-refractivity contribution in [3.8, 4) is 11.5 Å². The lowest BCUT2D eigenvalue weighted by Gasteiger charge is -2.06. The van der Waals surface area contributed by atoms with E-state index in [0.717, 1.165) is 0 Å². The number of halogens is 2. The molecular formula is C16H14Cl2N2O3. The molecule has 0 bridgehead atoms. The second-order valence-electron chi connectivity index (χ2n) is 4.42. The van der Waals surface area contributed by atoms with Crippen LogP contribution in [0.1, 0.15) is 5.56 Å². The number of nitrogens with one attached hydrogen (secondary N) is 1. The SMILES string of the molecule is COc1ccc(OCC(=O)N/N=C\c2ccc(Cl)cc2Cl)cc1. The maximum Gasteiger partial charge on any atom is 0.277 e. The molecule has 0 aromatic heterocycles. The summed E-state index contributed by atoms with van der Waals surface area (Å²) in [6, 6.07) is 11.9. The van der Waals surface area contributed by atoms with E-state index >= 15 is 0 Å². The molecule has 0 saturated carbocycles. The monoisotopic (exact) mass is 352 g/mol. The molecule has 120 valence electrons. The first-order valence-corrected chi connectivity index (χ1v) is 7.38. The predicted molar refractivity (Wildman–Crippen MR) is 90.7 cm³/mol. The Hall–Kier alpha value is -2.24. The van der Waals surface area contributed by atoms with Crippen molar-refractivity contribution in [3.05, 3.63) is 58.1 Å². The third-order valence-electron chi connectivity index (χ3n) is 2.78. The standard InChI is InChI=1S/C16H14Cl2N2O3/c1-22-13-4-6-14(7-5-13)23-10-16(21)20-19-9-11-2-3-12(17)8-15(11)18/h2-9H,10H2,1H3,(H,20,21)/b19-9-. The Morgan fingerprint density at radius 3 is 2.52 bits per heavy atom. The fourth-order valence-electron chi connectivity index (χ4n) is 1.63. The van der Waals surface area contributed by atoms with Crippen LogP contribution >= 0.6 is 23.2 Å². The molecule has 0 heterocycles. The van der Waals surface area contributed by atoms with Gasteiger partial charge in [-0.25, -0.2) is 5.43 Å². The third kappa shape index (κ3) is 5.47. The van der Waals surface area contributed by atoms with Crippen LogP contribution in [0.25, 0.3) is 0 Å². The Balaban J connectivity index is 1.81. The number of carbonyl (C=O) groups is 1. The number of hydrazone groups is 1. The van der Waals surface area contributed by atoms with Crippen molar-refractivity contribution in [3.63, 3.8) is 0 Å². The van der Waals surface area contributed by atoms with E-state index in [0.29, 0.717) is 27.1 Å². The Kier molecular flexibility index (Phi) is 6.26. The minimum absolute atomic E-state index is 0.155. The fraction of sp³-hybridized carbons (Fsp3) is 0.125. The highest BCUT2D eigenvalue weighted by Crippen LogP contribution is 2.19. The summed E-state index contributed by atoms with van der Waals surface area (Å²) in [4.78, 5) is 11.6. The zero-order valence-electron chi connectivity index (χ0n) is 12.3. The van der Waals surface area contributed by atoms with Gasteiger partial charge in [0.25, 0.3) is 5.91 Å². The van der Waals surface area contributed by atoms with E-state index in [1.807, 2.05) is 0 Å². The van der Waals surface area contributed by atoms with Crippen LogP contribution in [0.4, 0.5) is 0 Å². The molecule has 0 aliphatic rings. The Morgan fingerprint density at radius 1 is 1.17 bits per heavy atom. The number of hydrogen-bond acceptors (Lipinski definition) is 4. The van der Waals surface area contributed by atoms with Crippen LogP contribution in [0.15, 0.2) is 47.6 Å². The van der Waals surface area contributed by atoms with Crippen LogP contribution in [-0.2, 0) is 4.79 Å². The topological polar surface area (TPSA) is 59.9 Å². The molecule has 2 aromatic carbocycles. The first-order chi connectivity index (χ1) is 11.1. The summed E-state index contributed by atoms with van der Waals surface area (Å²) in [7, 11) is 1.58. The number of methoxy groups -OCH3 is 1. The van der Waals surface area contributed by atoms with Gasteiger partial charge in [-0.15, -0.1) is 0 Å². The summed E-state index contributed by atoms with van der Waals surface area (Å²) >= 11 is 11.8. The van der Waals surface area contributed by atoms with Gasteiger partial charge in [0.2, 0.25) is 0 Å². The average molecular weight is 353 g/mol. The Morgan fingerprint density at radius 2 is 1.87 bits per heavy atom. The van der Waals surface area contributed by atoms with E-state index in [-0.39, 0.29) is 12.5 Å². The van der Waals surface area contributed by atoms with Gasteiger partial charge in [-0.2, -0.15) is 5.10 Å². The van der Waals surface area contributed by atoms with E-state index < -0.39 is 0 Å². The lowest BCUT2D eigenvalue weighted by atomic mass is 10.2. The molecule has 0 atom stereocenters. The molecule has 7 heteroatoms.